The van der Waals surface area contributed by atoms with Gasteiger partial charge in [-0.2, -0.15) is 0 Å². The highest BCUT2D eigenvalue weighted by atomic mass is 32.2. The van der Waals surface area contributed by atoms with E-state index < -0.39 is 33.4 Å². The maximum absolute atomic E-state index is 15.0. The van der Waals surface area contributed by atoms with Crippen LogP contribution in [0, 0.1) is 11.8 Å². The van der Waals surface area contributed by atoms with Crippen LogP contribution in [0.2, 0.25) is 0 Å². The highest BCUT2D eigenvalue weighted by molar-refractivity contribution is 8.02. The Morgan fingerprint density at radius 1 is 1.09 bits per heavy atom. The van der Waals surface area contributed by atoms with E-state index in [4.69, 9.17) is 0 Å². The molecule has 3 heterocycles. The molecule has 1 aromatic carbocycles. The van der Waals surface area contributed by atoms with Crippen molar-refractivity contribution in [3.63, 3.8) is 0 Å². The van der Waals surface area contributed by atoms with Crippen molar-refractivity contribution >= 4 is 29.5 Å². The van der Waals surface area contributed by atoms with E-state index in [1.165, 1.54) is 6.42 Å². The van der Waals surface area contributed by atoms with Crippen molar-refractivity contribution in [2.24, 2.45) is 11.8 Å². The van der Waals surface area contributed by atoms with Crippen LogP contribution < -0.4 is 0 Å². The highest BCUT2D eigenvalue weighted by Gasteiger charge is 2.78. The first kappa shape index (κ1) is 31.8. The zero-order valence-electron chi connectivity index (χ0n) is 26.0. The second-order valence-electron chi connectivity index (χ2n) is 13.1. The molecule has 0 radical (unpaired) electrons. The van der Waals surface area contributed by atoms with Crippen LogP contribution in [0.4, 0.5) is 0 Å². The maximum Gasteiger partial charge on any atom is 0.247 e. The van der Waals surface area contributed by atoms with Gasteiger partial charge in [-0.25, -0.2) is 0 Å². The smallest absolute Gasteiger partial charge is 0.247 e. The summed E-state index contributed by atoms with van der Waals surface area (Å²) >= 11 is 1.71. The average molecular weight is 608 g/mol. The molecular weight excluding hydrogens is 558 g/mol. The number of aliphatic hydroxyl groups is 1. The van der Waals surface area contributed by atoms with Gasteiger partial charge in [-0.05, 0) is 51.0 Å². The average Bonchev–Trinajstić information content (AvgIpc) is 3.59. The van der Waals surface area contributed by atoms with Gasteiger partial charge in [-0.15, -0.1) is 24.9 Å². The molecule has 1 aromatic rings. The molecule has 1 spiro atoms. The Labute approximate surface area is 261 Å². The number of amides is 3. The summed E-state index contributed by atoms with van der Waals surface area (Å²) in [6, 6.07) is 8.65. The summed E-state index contributed by atoms with van der Waals surface area (Å²) in [6.45, 7) is 13.2. The van der Waals surface area contributed by atoms with E-state index in [1.54, 1.807) is 28.8 Å². The third-order valence-electron chi connectivity index (χ3n) is 10.4. The topological polar surface area (TPSA) is 81.2 Å². The fourth-order valence-corrected chi connectivity index (χ4v) is 10.9. The molecule has 4 aliphatic rings. The summed E-state index contributed by atoms with van der Waals surface area (Å²) in [7, 11) is 0. The molecule has 7 nitrogen and oxygen atoms in total. The maximum atomic E-state index is 15.0. The second-order valence-corrected chi connectivity index (χ2v) is 15.0. The van der Waals surface area contributed by atoms with Crippen molar-refractivity contribution in [2.45, 2.75) is 99.3 Å². The molecule has 1 aliphatic carbocycles. The van der Waals surface area contributed by atoms with Gasteiger partial charge in [0.05, 0.1) is 29.2 Å². The van der Waals surface area contributed by atoms with Crippen molar-refractivity contribution < 1.29 is 19.5 Å². The Balaban J connectivity index is 1.60. The number of thioether (sulfide) groups is 1. The molecule has 1 saturated carbocycles. The molecule has 4 fully saturated rings. The fraction of sp³-hybridized carbons (Fsp3) is 0.629. The van der Waals surface area contributed by atoms with E-state index >= 15 is 0 Å². The molecule has 234 valence electrons. The number of fused-ring (bicyclic) bond motifs is 1. The van der Waals surface area contributed by atoms with Crippen LogP contribution in [-0.4, -0.2) is 91.4 Å². The number of hydrogen-bond donors (Lipinski definition) is 1. The van der Waals surface area contributed by atoms with Gasteiger partial charge in [0.25, 0.3) is 0 Å². The first-order chi connectivity index (χ1) is 20.8. The van der Waals surface area contributed by atoms with Crippen molar-refractivity contribution in [3.8, 4) is 0 Å². The second kappa shape index (κ2) is 13.2. The van der Waals surface area contributed by atoms with E-state index in [-0.39, 0.29) is 30.4 Å². The van der Waals surface area contributed by atoms with Crippen LogP contribution in [0.5, 0.6) is 0 Å². The van der Waals surface area contributed by atoms with Gasteiger partial charge in [0.2, 0.25) is 17.7 Å². The lowest BCUT2D eigenvalue weighted by Gasteiger charge is -2.42. The first-order valence-corrected chi connectivity index (χ1v) is 17.1. The number of likely N-dealkylation sites (tertiary alicyclic amines) is 1. The summed E-state index contributed by atoms with van der Waals surface area (Å²) < 4.78 is -1.15. The molecule has 5 rings (SSSR count). The quantitative estimate of drug-likeness (QED) is 0.325. The zero-order valence-corrected chi connectivity index (χ0v) is 26.8. The van der Waals surface area contributed by atoms with Gasteiger partial charge in [0.1, 0.15) is 6.04 Å². The van der Waals surface area contributed by atoms with E-state index in [0.717, 1.165) is 44.1 Å². The molecule has 3 saturated heterocycles. The minimum absolute atomic E-state index is 0.0106. The van der Waals surface area contributed by atoms with Crippen molar-refractivity contribution in [1.29, 1.82) is 0 Å². The van der Waals surface area contributed by atoms with E-state index in [1.807, 2.05) is 47.1 Å². The molecule has 6 atom stereocenters. The number of rotatable bonds is 13. The van der Waals surface area contributed by atoms with Gasteiger partial charge in [0, 0.05) is 30.4 Å². The normalized spacial score (nSPS) is 30.6. The first-order valence-electron chi connectivity index (χ1n) is 16.2. The number of carbonyl (C=O) groups is 3. The minimum Gasteiger partial charge on any atom is -0.394 e. The van der Waals surface area contributed by atoms with E-state index in [0.29, 0.717) is 32.5 Å². The largest absolute Gasteiger partial charge is 0.394 e. The predicted octanol–water partition coefficient (Wildman–Crippen LogP) is 4.84. The van der Waals surface area contributed by atoms with Crippen LogP contribution in [0.3, 0.4) is 0 Å². The summed E-state index contributed by atoms with van der Waals surface area (Å²) in [5, 5.41) is 10.8. The molecule has 2 bridgehead atoms. The van der Waals surface area contributed by atoms with Gasteiger partial charge >= 0.3 is 0 Å². The molecular formula is C35H49N3O4S. The van der Waals surface area contributed by atoms with E-state index in [9.17, 15) is 19.5 Å². The summed E-state index contributed by atoms with van der Waals surface area (Å²) in [5.74, 6) is -1.34. The van der Waals surface area contributed by atoms with Gasteiger partial charge in [-0.1, -0.05) is 68.7 Å². The summed E-state index contributed by atoms with van der Waals surface area (Å²) in [5.41, 5.74) is 1.00. The van der Waals surface area contributed by atoms with Gasteiger partial charge in [-0.3, -0.25) is 14.4 Å². The van der Waals surface area contributed by atoms with Gasteiger partial charge in [0.15, 0.2) is 0 Å². The molecule has 3 amide bonds. The number of hydrogen-bond acceptors (Lipinski definition) is 5. The zero-order chi connectivity index (χ0) is 30.8. The lowest BCUT2D eigenvalue weighted by atomic mass is 9.66. The number of benzene rings is 1. The lowest BCUT2D eigenvalue weighted by molar-refractivity contribution is -0.148. The predicted molar refractivity (Wildman–Crippen MR) is 172 cm³/mol. The Hall–Kier alpha value is -2.58. The number of carbonyl (C=O) groups excluding carboxylic acids is 3. The summed E-state index contributed by atoms with van der Waals surface area (Å²) in [4.78, 5) is 49.7. The molecule has 0 aromatic heterocycles. The molecule has 8 heteroatoms. The molecule has 1 N–H and O–H groups in total. The monoisotopic (exact) mass is 607 g/mol. The van der Waals surface area contributed by atoms with Crippen LogP contribution in [0.25, 0.3) is 0 Å². The third-order valence-corrected chi connectivity index (χ3v) is 12.4. The lowest BCUT2D eigenvalue weighted by Crippen LogP contribution is -2.59. The SMILES string of the molecule is C=CCN(CCC)C(=O)[C@@H]1[C@H]2C(=O)N([C@@H](CO)Cc3ccccc3)C(C(=O)N(CC=C)C3CCCCC3)C23CC[C@@]1(C)S3. The Morgan fingerprint density at radius 2 is 1.79 bits per heavy atom. The molecule has 43 heavy (non-hydrogen) atoms. The number of nitrogens with zero attached hydrogens (tertiary/aromatic N) is 3. The molecule has 3 aliphatic heterocycles. The van der Waals surface area contributed by atoms with E-state index in [2.05, 4.69) is 20.1 Å². The standard InChI is InChI=1S/C35H49N3O4S/c1-5-20-36(21-6-2)31(40)28-29-32(41)38(27(24-39)23-25-14-10-8-11-15-25)30(35(29)19-18-34(28,4)43-35)33(42)37(22-7-3)26-16-12-9-13-17-26/h5,7-8,10-11,14-15,26-30,39H,1,3,6,9,12-13,16-24H2,2,4H3/t27-,28+,29+,30?,34-,35?/m1/s1. The van der Waals surface area contributed by atoms with Crippen molar-refractivity contribution in [1.82, 2.24) is 14.7 Å². The van der Waals surface area contributed by atoms with Crippen LogP contribution >= 0.6 is 11.8 Å². The van der Waals surface area contributed by atoms with Crippen LogP contribution in [0.15, 0.2) is 55.6 Å². The van der Waals surface area contributed by atoms with Crippen LogP contribution in [0.1, 0.15) is 70.8 Å². The van der Waals surface area contributed by atoms with Gasteiger partial charge < -0.3 is 19.8 Å². The van der Waals surface area contributed by atoms with Crippen molar-refractivity contribution in [3.05, 3.63) is 61.2 Å². The Morgan fingerprint density at radius 3 is 2.42 bits per heavy atom. The van der Waals surface area contributed by atoms with Crippen molar-refractivity contribution in [2.75, 3.05) is 26.2 Å². The molecule has 2 unspecified atom stereocenters. The fourth-order valence-electron chi connectivity index (χ4n) is 8.57. The highest BCUT2D eigenvalue weighted by Crippen LogP contribution is 2.72. The minimum atomic E-state index is -0.739. The summed E-state index contributed by atoms with van der Waals surface area (Å²) in [6.07, 6.45) is 11.5. The number of aliphatic hydroxyl groups excluding tert-OH is 1. The Bertz CT molecular complexity index is 1200. The Kier molecular flexibility index (Phi) is 9.76. The van der Waals surface area contributed by atoms with Crippen LogP contribution in [-0.2, 0) is 20.8 Å². The third kappa shape index (κ3) is 5.58.